The number of rotatable bonds is 5. The summed E-state index contributed by atoms with van der Waals surface area (Å²) in [6.45, 7) is 8.60. The van der Waals surface area contributed by atoms with Gasteiger partial charge >= 0.3 is 0 Å². The number of likely N-dealkylation sites (tertiary alicyclic amines) is 1. The van der Waals surface area contributed by atoms with Crippen LogP contribution >= 0.6 is 35.3 Å². The van der Waals surface area contributed by atoms with Crippen molar-refractivity contribution in [3.05, 3.63) is 16.1 Å². The summed E-state index contributed by atoms with van der Waals surface area (Å²) < 4.78 is 5.52. The van der Waals surface area contributed by atoms with E-state index in [1.165, 1.54) is 11.3 Å². The Labute approximate surface area is 148 Å². The summed E-state index contributed by atoms with van der Waals surface area (Å²) >= 11 is 1.73. The van der Waals surface area contributed by atoms with E-state index in [0.717, 1.165) is 43.8 Å². The zero-order valence-corrected chi connectivity index (χ0v) is 16.1. The molecule has 0 aromatic carbocycles. The summed E-state index contributed by atoms with van der Waals surface area (Å²) in [5, 5.41) is 4.51. The molecule has 1 unspecified atom stereocenters. The maximum atomic E-state index is 5.52. The highest BCUT2D eigenvalue weighted by Gasteiger charge is 2.24. The molecule has 21 heavy (non-hydrogen) atoms. The maximum Gasteiger partial charge on any atom is 0.194 e. The predicted molar refractivity (Wildman–Crippen MR) is 98.6 cm³/mol. The second kappa shape index (κ2) is 9.58. The summed E-state index contributed by atoms with van der Waals surface area (Å²) in [5.41, 5.74) is 0. The van der Waals surface area contributed by atoms with Crippen molar-refractivity contribution in [2.24, 2.45) is 10.9 Å². The van der Waals surface area contributed by atoms with Crippen LogP contribution in [0.3, 0.4) is 0 Å². The Morgan fingerprint density at radius 1 is 1.62 bits per heavy atom. The lowest BCUT2D eigenvalue weighted by molar-refractivity contribution is 0.114. The molecule has 1 aromatic heterocycles. The lowest BCUT2D eigenvalue weighted by Gasteiger charge is -2.21. The molecular formula is C14H25IN4OS. The van der Waals surface area contributed by atoms with Crippen LogP contribution in [0, 0.1) is 12.8 Å². The van der Waals surface area contributed by atoms with Crippen LogP contribution in [0.2, 0.25) is 0 Å². The molecule has 5 nitrogen and oxygen atoms in total. The molecule has 7 heteroatoms. The number of hydrogen-bond donors (Lipinski definition) is 1. The van der Waals surface area contributed by atoms with Gasteiger partial charge in [0.15, 0.2) is 5.96 Å². The Morgan fingerprint density at radius 2 is 2.43 bits per heavy atom. The van der Waals surface area contributed by atoms with Gasteiger partial charge in [-0.2, -0.15) is 0 Å². The van der Waals surface area contributed by atoms with Gasteiger partial charge in [0.2, 0.25) is 0 Å². The van der Waals surface area contributed by atoms with Gasteiger partial charge in [0.05, 0.1) is 13.2 Å². The SMILES string of the molecule is CCOCC1CCN(C(=NC)NCc2ncc(C)s2)C1.I. The summed E-state index contributed by atoms with van der Waals surface area (Å²) in [5.74, 6) is 1.59. The number of thiazole rings is 1. The third-order valence-electron chi connectivity index (χ3n) is 3.42. The molecule has 1 aliphatic rings. The molecule has 0 aliphatic carbocycles. The van der Waals surface area contributed by atoms with Crippen molar-refractivity contribution in [2.45, 2.75) is 26.8 Å². The van der Waals surface area contributed by atoms with Crippen LogP contribution in [-0.2, 0) is 11.3 Å². The molecule has 0 amide bonds. The average molecular weight is 424 g/mol. The topological polar surface area (TPSA) is 49.8 Å². The Hall–Kier alpha value is -0.410. The minimum absolute atomic E-state index is 0. The van der Waals surface area contributed by atoms with E-state index in [2.05, 4.69) is 27.1 Å². The Bertz CT molecular complexity index is 452. The number of ether oxygens (including phenoxy) is 1. The first kappa shape index (κ1) is 18.6. The van der Waals surface area contributed by atoms with Crippen molar-refractivity contribution in [3.8, 4) is 0 Å². The van der Waals surface area contributed by atoms with Gasteiger partial charge in [-0.3, -0.25) is 4.99 Å². The van der Waals surface area contributed by atoms with Gasteiger partial charge in [-0.1, -0.05) is 0 Å². The van der Waals surface area contributed by atoms with E-state index >= 15 is 0 Å². The van der Waals surface area contributed by atoms with Gasteiger partial charge < -0.3 is 15.0 Å². The number of nitrogens with one attached hydrogen (secondary N) is 1. The van der Waals surface area contributed by atoms with E-state index < -0.39 is 0 Å². The minimum atomic E-state index is 0. The lowest BCUT2D eigenvalue weighted by atomic mass is 10.1. The van der Waals surface area contributed by atoms with Gasteiger partial charge in [-0.15, -0.1) is 35.3 Å². The summed E-state index contributed by atoms with van der Waals surface area (Å²) in [6.07, 6.45) is 3.09. The smallest absolute Gasteiger partial charge is 0.194 e. The molecule has 1 aliphatic heterocycles. The van der Waals surface area contributed by atoms with Crippen LogP contribution in [0.1, 0.15) is 23.2 Å². The van der Waals surface area contributed by atoms with Gasteiger partial charge in [0.1, 0.15) is 5.01 Å². The highest BCUT2D eigenvalue weighted by Crippen LogP contribution is 2.17. The van der Waals surface area contributed by atoms with Crippen LogP contribution in [-0.4, -0.2) is 49.2 Å². The molecule has 0 saturated carbocycles. The standard InChI is InChI=1S/C14H24N4OS.HI/c1-4-19-10-12-5-6-18(9-12)14(15-3)17-8-13-16-7-11(2)20-13;/h7,12H,4-6,8-10H2,1-3H3,(H,15,17);1H. The fraction of sp³-hybridized carbons (Fsp3) is 0.714. The molecule has 2 rings (SSSR count). The number of aromatic nitrogens is 1. The number of hydrogen-bond acceptors (Lipinski definition) is 4. The van der Waals surface area contributed by atoms with Gasteiger partial charge in [0.25, 0.3) is 0 Å². The van der Waals surface area contributed by atoms with Crippen molar-refractivity contribution < 1.29 is 4.74 Å². The molecular weight excluding hydrogens is 399 g/mol. The molecule has 120 valence electrons. The molecule has 1 N–H and O–H groups in total. The number of halogens is 1. The van der Waals surface area contributed by atoms with Crippen LogP contribution in [0.15, 0.2) is 11.2 Å². The molecule has 0 spiro atoms. The van der Waals surface area contributed by atoms with Crippen LogP contribution in [0.4, 0.5) is 0 Å². The molecule has 0 bridgehead atoms. The summed E-state index contributed by atoms with van der Waals surface area (Å²) in [6, 6.07) is 0. The maximum absolute atomic E-state index is 5.52. The monoisotopic (exact) mass is 424 g/mol. The predicted octanol–water partition coefficient (Wildman–Crippen LogP) is 2.50. The molecule has 1 saturated heterocycles. The third-order valence-corrected chi connectivity index (χ3v) is 4.33. The van der Waals surface area contributed by atoms with E-state index in [4.69, 9.17) is 4.74 Å². The third kappa shape index (κ3) is 5.71. The zero-order valence-electron chi connectivity index (χ0n) is 13.0. The molecule has 0 radical (unpaired) electrons. The van der Waals surface area contributed by atoms with E-state index in [-0.39, 0.29) is 24.0 Å². The average Bonchev–Trinajstić information content (AvgIpc) is 3.07. The van der Waals surface area contributed by atoms with E-state index in [9.17, 15) is 0 Å². The Kier molecular flexibility index (Phi) is 8.50. The van der Waals surface area contributed by atoms with Crippen molar-refractivity contribution in [1.29, 1.82) is 0 Å². The van der Waals surface area contributed by atoms with Crippen LogP contribution < -0.4 is 5.32 Å². The van der Waals surface area contributed by atoms with Crippen molar-refractivity contribution in [3.63, 3.8) is 0 Å². The Balaban J connectivity index is 0.00000220. The van der Waals surface area contributed by atoms with Crippen LogP contribution in [0.25, 0.3) is 0 Å². The second-order valence-electron chi connectivity index (χ2n) is 5.03. The highest BCUT2D eigenvalue weighted by molar-refractivity contribution is 14.0. The Morgan fingerprint density at radius 3 is 3.05 bits per heavy atom. The molecule has 1 fully saturated rings. The van der Waals surface area contributed by atoms with Gasteiger partial charge in [0, 0.05) is 43.7 Å². The molecule has 1 aromatic rings. The van der Waals surface area contributed by atoms with E-state index in [1.807, 2.05) is 20.2 Å². The largest absolute Gasteiger partial charge is 0.381 e. The highest BCUT2D eigenvalue weighted by atomic mass is 127. The first-order valence-corrected chi connectivity index (χ1v) is 7.99. The number of aliphatic imine (C=N–C) groups is 1. The quantitative estimate of drug-likeness (QED) is 0.449. The summed E-state index contributed by atoms with van der Waals surface area (Å²) in [7, 11) is 1.84. The van der Waals surface area contributed by atoms with Crippen molar-refractivity contribution in [2.75, 3.05) is 33.4 Å². The number of guanidine groups is 1. The van der Waals surface area contributed by atoms with E-state index in [0.29, 0.717) is 5.92 Å². The first-order chi connectivity index (χ1) is 9.72. The fourth-order valence-corrected chi connectivity index (χ4v) is 3.14. The minimum Gasteiger partial charge on any atom is -0.381 e. The number of nitrogens with zero attached hydrogens (tertiary/aromatic N) is 3. The lowest BCUT2D eigenvalue weighted by Crippen LogP contribution is -2.39. The first-order valence-electron chi connectivity index (χ1n) is 7.17. The molecule has 1 atom stereocenters. The van der Waals surface area contributed by atoms with Crippen molar-refractivity contribution in [1.82, 2.24) is 15.2 Å². The van der Waals surface area contributed by atoms with Crippen molar-refractivity contribution >= 4 is 41.3 Å². The van der Waals surface area contributed by atoms with Crippen LogP contribution in [0.5, 0.6) is 0 Å². The normalized spacial score (nSPS) is 18.7. The van der Waals surface area contributed by atoms with E-state index in [1.54, 1.807) is 11.3 Å². The van der Waals surface area contributed by atoms with Gasteiger partial charge in [-0.05, 0) is 20.3 Å². The van der Waals surface area contributed by atoms with Gasteiger partial charge in [-0.25, -0.2) is 4.98 Å². The summed E-state index contributed by atoms with van der Waals surface area (Å²) in [4.78, 5) is 12.3. The zero-order chi connectivity index (χ0) is 14.4. The fourth-order valence-electron chi connectivity index (χ4n) is 2.42. The number of aryl methyl sites for hydroxylation is 1. The molecule has 2 heterocycles. The second-order valence-corrected chi connectivity index (χ2v) is 6.34.